The number of thiocarbonyl (C=S) groups is 1. The first kappa shape index (κ1) is 17.3. The number of benzene rings is 1. The van der Waals surface area contributed by atoms with E-state index in [4.69, 9.17) is 28.2 Å². The minimum atomic E-state index is -4.47. The van der Waals surface area contributed by atoms with Crippen LogP contribution in [0.25, 0.3) is 0 Å². The quantitative estimate of drug-likeness (QED) is 0.474. The Bertz CT molecular complexity index is 729. The minimum absolute atomic E-state index is 0.00266. The van der Waals surface area contributed by atoms with Crippen molar-refractivity contribution < 1.29 is 17.6 Å². The predicted molar refractivity (Wildman–Crippen MR) is 86.7 cm³/mol. The van der Waals surface area contributed by atoms with E-state index in [1.807, 2.05) is 0 Å². The molecule has 2 N–H and O–H groups in total. The summed E-state index contributed by atoms with van der Waals surface area (Å²) in [5, 5.41) is 6.64. The second kappa shape index (κ2) is 7.01. The van der Waals surface area contributed by atoms with Gasteiger partial charge in [0.15, 0.2) is 5.11 Å². The van der Waals surface area contributed by atoms with Crippen LogP contribution in [-0.2, 0) is 6.18 Å². The molecule has 0 unspecified atom stereocenters. The maximum atomic E-state index is 12.7. The van der Waals surface area contributed by atoms with Crippen molar-refractivity contribution in [2.24, 2.45) is 5.10 Å². The first-order valence-corrected chi connectivity index (χ1v) is 7.08. The van der Waals surface area contributed by atoms with Gasteiger partial charge in [-0.15, -0.1) is 0 Å². The first-order valence-electron chi connectivity index (χ1n) is 6.29. The Kier molecular flexibility index (Phi) is 5.27. The molecule has 4 nitrogen and oxygen atoms in total. The summed E-state index contributed by atoms with van der Waals surface area (Å²) in [7, 11) is 0. The lowest BCUT2D eigenvalue weighted by Crippen LogP contribution is -2.25. The summed E-state index contributed by atoms with van der Waals surface area (Å²) in [4.78, 5) is 0. The van der Waals surface area contributed by atoms with Crippen molar-refractivity contribution >= 4 is 40.3 Å². The highest BCUT2D eigenvalue weighted by Gasteiger charge is 2.31. The number of nitrogens with one attached hydrogen (secondary N) is 2. The fourth-order valence-electron chi connectivity index (χ4n) is 1.62. The van der Waals surface area contributed by atoms with E-state index in [-0.39, 0.29) is 15.8 Å². The predicted octanol–water partition coefficient (Wildman–Crippen LogP) is 4.66. The molecule has 9 heteroatoms. The smallest absolute Gasteiger partial charge is 0.416 e. The van der Waals surface area contributed by atoms with Crippen LogP contribution in [0.2, 0.25) is 5.02 Å². The largest absolute Gasteiger partial charge is 0.463 e. The number of halogens is 4. The molecule has 0 aliphatic rings. The molecule has 0 saturated heterocycles. The molecule has 23 heavy (non-hydrogen) atoms. The molecular formula is C14H11ClF3N3OS. The number of furan rings is 1. The Morgan fingerprint density at radius 3 is 2.65 bits per heavy atom. The van der Waals surface area contributed by atoms with Crippen LogP contribution in [0.1, 0.15) is 18.2 Å². The van der Waals surface area contributed by atoms with Crippen LogP contribution in [0.4, 0.5) is 18.9 Å². The molecule has 0 fully saturated rings. The molecule has 1 aromatic heterocycles. The number of anilines is 1. The maximum Gasteiger partial charge on any atom is 0.416 e. The van der Waals surface area contributed by atoms with E-state index in [2.05, 4.69) is 15.8 Å². The van der Waals surface area contributed by atoms with E-state index in [9.17, 15) is 13.2 Å². The second-order valence-electron chi connectivity index (χ2n) is 4.43. The Labute approximate surface area is 140 Å². The highest BCUT2D eigenvalue weighted by Crippen LogP contribution is 2.33. The Hall–Kier alpha value is -2.06. The van der Waals surface area contributed by atoms with Gasteiger partial charge in [-0.3, -0.25) is 5.43 Å². The molecule has 1 heterocycles. The van der Waals surface area contributed by atoms with Gasteiger partial charge in [0, 0.05) is 0 Å². The molecule has 1 aromatic carbocycles. The molecule has 0 radical (unpaired) electrons. The molecule has 2 aromatic rings. The van der Waals surface area contributed by atoms with E-state index in [0.29, 0.717) is 11.5 Å². The van der Waals surface area contributed by atoms with Gasteiger partial charge in [0.1, 0.15) is 11.5 Å². The van der Waals surface area contributed by atoms with E-state index >= 15 is 0 Å². The van der Waals surface area contributed by atoms with Gasteiger partial charge in [0.25, 0.3) is 0 Å². The monoisotopic (exact) mass is 361 g/mol. The van der Waals surface area contributed by atoms with Gasteiger partial charge in [0.05, 0.1) is 22.5 Å². The second-order valence-corrected chi connectivity index (χ2v) is 5.25. The molecule has 2 rings (SSSR count). The third kappa shape index (κ3) is 4.70. The Morgan fingerprint density at radius 1 is 1.30 bits per heavy atom. The summed E-state index contributed by atoms with van der Waals surface area (Å²) in [6.45, 7) is 1.69. The van der Waals surface area contributed by atoms with Gasteiger partial charge in [-0.05, 0) is 49.5 Å². The molecule has 0 aliphatic carbocycles. The van der Waals surface area contributed by atoms with Gasteiger partial charge < -0.3 is 9.73 Å². The number of hydrazone groups is 1. The van der Waals surface area contributed by atoms with Crippen LogP contribution in [-0.4, -0.2) is 10.8 Å². The number of rotatable bonds is 3. The number of nitrogens with zero attached hydrogens (tertiary/aromatic N) is 1. The van der Waals surface area contributed by atoms with Crippen molar-refractivity contribution in [3.63, 3.8) is 0 Å². The molecule has 0 aliphatic heterocycles. The average Bonchev–Trinajstić information content (AvgIpc) is 3.00. The van der Waals surface area contributed by atoms with E-state index in [0.717, 1.165) is 18.2 Å². The lowest BCUT2D eigenvalue weighted by atomic mass is 10.2. The van der Waals surface area contributed by atoms with Gasteiger partial charge >= 0.3 is 6.18 Å². The summed E-state index contributed by atoms with van der Waals surface area (Å²) < 4.78 is 43.2. The van der Waals surface area contributed by atoms with Crippen LogP contribution in [0.15, 0.2) is 46.1 Å². The lowest BCUT2D eigenvalue weighted by molar-refractivity contribution is -0.137. The Morgan fingerprint density at radius 2 is 2.04 bits per heavy atom. The summed E-state index contributed by atoms with van der Waals surface area (Å²) in [6.07, 6.45) is -2.97. The number of hydrogen-bond donors (Lipinski definition) is 2. The van der Waals surface area contributed by atoms with Gasteiger partial charge in [-0.25, -0.2) is 0 Å². The van der Waals surface area contributed by atoms with Crippen molar-refractivity contribution in [1.82, 2.24) is 5.43 Å². The van der Waals surface area contributed by atoms with Gasteiger partial charge in [0.2, 0.25) is 0 Å². The topological polar surface area (TPSA) is 49.6 Å². The molecule has 0 spiro atoms. The summed E-state index contributed by atoms with van der Waals surface area (Å²) in [6, 6.07) is 6.32. The average molecular weight is 362 g/mol. The summed E-state index contributed by atoms with van der Waals surface area (Å²) in [5.41, 5.74) is 2.24. The molecule has 0 amide bonds. The van der Waals surface area contributed by atoms with E-state index in [1.165, 1.54) is 6.26 Å². The van der Waals surface area contributed by atoms with Crippen molar-refractivity contribution in [2.45, 2.75) is 13.1 Å². The highest BCUT2D eigenvalue weighted by atomic mass is 35.5. The molecule has 0 atom stereocenters. The maximum absolute atomic E-state index is 12.7. The van der Waals surface area contributed by atoms with Crippen LogP contribution in [0.3, 0.4) is 0 Å². The van der Waals surface area contributed by atoms with Crippen LogP contribution in [0, 0.1) is 0 Å². The van der Waals surface area contributed by atoms with Crippen molar-refractivity contribution in [3.8, 4) is 0 Å². The summed E-state index contributed by atoms with van der Waals surface area (Å²) >= 11 is 10.8. The summed E-state index contributed by atoms with van der Waals surface area (Å²) in [5.74, 6) is 0.539. The van der Waals surface area contributed by atoms with Crippen LogP contribution in [0.5, 0.6) is 0 Å². The molecule has 122 valence electrons. The normalized spacial score (nSPS) is 12.1. The SMILES string of the molecule is C/C(=N\NC(=S)Nc1cc(C(F)(F)F)ccc1Cl)c1ccco1. The highest BCUT2D eigenvalue weighted by molar-refractivity contribution is 7.80. The van der Waals surface area contributed by atoms with E-state index in [1.54, 1.807) is 19.1 Å². The minimum Gasteiger partial charge on any atom is -0.463 e. The zero-order valence-electron chi connectivity index (χ0n) is 11.7. The third-order valence-corrected chi connectivity index (χ3v) is 3.27. The van der Waals surface area contributed by atoms with Crippen molar-refractivity contribution in [2.75, 3.05) is 5.32 Å². The van der Waals surface area contributed by atoms with Gasteiger partial charge in [-0.1, -0.05) is 11.6 Å². The Balaban J connectivity index is 2.07. The first-order chi connectivity index (χ1) is 10.8. The van der Waals surface area contributed by atoms with Gasteiger partial charge in [-0.2, -0.15) is 18.3 Å². The standard InChI is InChI=1S/C14H11ClF3N3OS/c1-8(12-3-2-6-22-12)20-21-13(23)19-11-7-9(14(16,17)18)4-5-10(11)15/h2-7H,1H3,(H2,19,21,23)/b20-8+. The number of alkyl halides is 3. The van der Waals surface area contributed by atoms with Crippen LogP contribution >= 0.6 is 23.8 Å². The molecule has 0 saturated carbocycles. The number of hydrogen-bond acceptors (Lipinski definition) is 3. The van der Waals surface area contributed by atoms with Crippen LogP contribution < -0.4 is 10.7 Å². The third-order valence-electron chi connectivity index (χ3n) is 2.74. The zero-order valence-corrected chi connectivity index (χ0v) is 13.3. The fraction of sp³-hybridized carbons (Fsp3) is 0.143. The van der Waals surface area contributed by atoms with E-state index < -0.39 is 11.7 Å². The molecule has 0 bridgehead atoms. The fourth-order valence-corrected chi connectivity index (χ4v) is 1.94. The van der Waals surface area contributed by atoms with Crippen molar-refractivity contribution in [3.05, 3.63) is 52.9 Å². The lowest BCUT2D eigenvalue weighted by Gasteiger charge is -2.12. The zero-order chi connectivity index (χ0) is 17.0. The van der Waals surface area contributed by atoms with Crippen molar-refractivity contribution in [1.29, 1.82) is 0 Å². The molecular weight excluding hydrogens is 351 g/mol.